The first-order chi connectivity index (χ1) is 14.3. The quantitative estimate of drug-likeness (QED) is 0.227. The summed E-state index contributed by atoms with van der Waals surface area (Å²) in [5.41, 5.74) is 1.40. The number of halogens is 1. The second-order valence-corrected chi connectivity index (χ2v) is 7.71. The summed E-state index contributed by atoms with van der Waals surface area (Å²) in [5.74, 6) is 0.950. The van der Waals surface area contributed by atoms with Gasteiger partial charge in [-0.25, -0.2) is 0 Å². The van der Waals surface area contributed by atoms with E-state index in [9.17, 15) is 0 Å². The summed E-state index contributed by atoms with van der Waals surface area (Å²) in [4.78, 5) is 7.35. The smallest absolute Gasteiger partial charge is 0.191 e. The normalized spacial score (nSPS) is 16.7. The summed E-state index contributed by atoms with van der Waals surface area (Å²) >= 11 is 0. The van der Waals surface area contributed by atoms with Crippen LogP contribution in [0.5, 0.6) is 0 Å². The van der Waals surface area contributed by atoms with E-state index in [2.05, 4.69) is 69.9 Å². The molecule has 0 aliphatic carbocycles. The summed E-state index contributed by atoms with van der Waals surface area (Å²) in [7, 11) is 0. The number of guanidine groups is 1. The molecule has 8 heteroatoms. The van der Waals surface area contributed by atoms with Gasteiger partial charge in [0.15, 0.2) is 5.96 Å². The van der Waals surface area contributed by atoms with Crippen molar-refractivity contribution in [1.82, 2.24) is 30.3 Å². The summed E-state index contributed by atoms with van der Waals surface area (Å²) in [6, 6.07) is 11.8. The number of nitrogens with zero attached hydrogens (tertiary/aromatic N) is 5. The Hall–Kier alpha value is -1.68. The lowest BCUT2D eigenvalue weighted by Gasteiger charge is -2.37. The van der Waals surface area contributed by atoms with Gasteiger partial charge in [0.25, 0.3) is 0 Å². The number of aromatic nitrogens is 3. The van der Waals surface area contributed by atoms with Crippen LogP contribution in [0.25, 0.3) is 0 Å². The first kappa shape index (κ1) is 24.6. The van der Waals surface area contributed by atoms with E-state index in [0.717, 1.165) is 64.4 Å². The number of piperidine rings is 1. The summed E-state index contributed by atoms with van der Waals surface area (Å²) in [6.07, 6.45) is 7.96. The van der Waals surface area contributed by atoms with Crippen molar-refractivity contribution in [2.75, 3.05) is 26.2 Å². The molecular formula is C22H36IN7. The third kappa shape index (κ3) is 7.86. The fourth-order valence-corrected chi connectivity index (χ4v) is 3.82. The van der Waals surface area contributed by atoms with E-state index in [1.54, 1.807) is 12.7 Å². The molecular weight excluding hydrogens is 489 g/mol. The van der Waals surface area contributed by atoms with Crippen molar-refractivity contribution in [2.24, 2.45) is 4.99 Å². The highest BCUT2D eigenvalue weighted by atomic mass is 127. The van der Waals surface area contributed by atoms with Gasteiger partial charge in [0.2, 0.25) is 0 Å². The van der Waals surface area contributed by atoms with Crippen LogP contribution in [-0.2, 0) is 6.54 Å². The fraction of sp³-hybridized carbons (Fsp3) is 0.591. The average molecular weight is 525 g/mol. The largest absolute Gasteiger partial charge is 0.357 e. The van der Waals surface area contributed by atoms with Gasteiger partial charge >= 0.3 is 0 Å². The molecule has 1 aliphatic heterocycles. The summed E-state index contributed by atoms with van der Waals surface area (Å²) in [6.45, 7) is 9.34. The maximum atomic E-state index is 4.77. The number of hydrogen-bond donors (Lipinski definition) is 2. The molecule has 2 heterocycles. The van der Waals surface area contributed by atoms with Gasteiger partial charge in [-0.2, -0.15) is 0 Å². The van der Waals surface area contributed by atoms with Gasteiger partial charge in [-0.05, 0) is 45.1 Å². The molecule has 1 saturated heterocycles. The highest BCUT2D eigenvalue weighted by Gasteiger charge is 2.23. The molecule has 2 N–H and O–H groups in total. The molecule has 1 aromatic carbocycles. The second-order valence-electron chi connectivity index (χ2n) is 7.71. The van der Waals surface area contributed by atoms with Gasteiger partial charge in [-0.1, -0.05) is 30.3 Å². The molecule has 0 spiro atoms. The zero-order chi connectivity index (χ0) is 20.3. The Balaban J connectivity index is 0.00000320. The van der Waals surface area contributed by atoms with Crippen LogP contribution >= 0.6 is 24.0 Å². The number of likely N-dealkylation sites (tertiary alicyclic amines) is 1. The van der Waals surface area contributed by atoms with Crippen LogP contribution in [0.1, 0.15) is 51.1 Å². The minimum Gasteiger partial charge on any atom is -0.357 e. The maximum absolute atomic E-state index is 4.77. The zero-order valence-corrected chi connectivity index (χ0v) is 20.5. The van der Waals surface area contributed by atoms with Gasteiger partial charge < -0.3 is 15.2 Å². The molecule has 1 aliphatic rings. The van der Waals surface area contributed by atoms with Crippen LogP contribution in [0, 0.1) is 0 Å². The standard InChI is InChI=1S/C22H35N7.HI/c1-3-23-22(24-13-7-8-14-28-17-25-26-18-28)27-21-11-15-29(16-12-21)19(2)20-9-5-4-6-10-20;/h4-6,9-10,17-19,21H,3,7-8,11-16H2,1-2H3,(H2,23,24,27);1H. The number of benzene rings is 1. The van der Waals surface area contributed by atoms with Crippen LogP contribution < -0.4 is 10.6 Å². The summed E-state index contributed by atoms with van der Waals surface area (Å²) in [5, 5.41) is 14.7. The summed E-state index contributed by atoms with van der Waals surface area (Å²) < 4.78 is 2.01. The Bertz CT molecular complexity index is 712. The third-order valence-corrected chi connectivity index (χ3v) is 5.61. The van der Waals surface area contributed by atoms with Crippen molar-refractivity contribution in [1.29, 1.82) is 0 Å². The van der Waals surface area contributed by atoms with Crippen molar-refractivity contribution in [3.05, 3.63) is 48.5 Å². The predicted octanol–water partition coefficient (Wildman–Crippen LogP) is 3.46. The molecule has 166 valence electrons. The topological polar surface area (TPSA) is 70.4 Å². The van der Waals surface area contributed by atoms with Gasteiger partial charge in [-0.15, -0.1) is 34.2 Å². The number of aliphatic imine (C=N–C) groups is 1. The first-order valence-electron chi connectivity index (χ1n) is 10.9. The SMILES string of the molecule is CCNC(=NCCCCn1cnnc1)NC1CCN(C(C)c2ccccc2)CC1.I. The number of aryl methyl sites for hydroxylation is 1. The van der Waals surface area contributed by atoms with E-state index in [1.165, 1.54) is 5.56 Å². The van der Waals surface area contributed by atoms with Crippen LogP contribution in [0.3, 0.4) is 0 Å². The molecule has 2 aromatic rings. The average Bonchev–Trinajstić information content (AvgIpc) is 3.28. The van der Waals surface area contributed by atoms with Gasteiger partial charge in [0.05, 0.1) is 0 Å². The van der Waals surface area contributed by atoms with E-state index in [1.807, 2.05) is 4.57 Å². The predicted molar refractivity (Wildman–Crippen MR) is 133 cm³/mol. The van der Waals surface area contributed by atoms with E-state index >= 15 is 0 Å². The lowest BCUT2D eigenvalue weighted by Crippen LogP contribution is -2.49. The number of unbranched alkanes of at least 4 members (excludes halogenated alkanes) is 1. The monoisotopic (exact) mass is 525 g/mol. The molecule has 30 heavy (non-hydrogen) atoms. The first-order valence-corrected chi connectivity index (χ1v) is 10.9. The molecule has 1 unspecified atom stereocenters. The molecule has 3 rings (SSSR count). The van der Waals surface area contributed by atoms with Gasteiger partial charge in [-0.3, -0.25) is 9.89 Å². The van der Waals surface area contributed by atoms with Crippen molar-refractivity contribution < 1.29 is 0 Å². The highest BCUT2D eigenvalue weighted by molar-refractivity contribution is 14.0. The number of hydrogen-bond acceptors (Lipinski definition) is 4. The van der Waals surface area contributed by atoms with E-state index < -0.39 is 0 Å². The third-order valence-electron chi connectivity index (χ3n) is 5.61. The van der Waals surface area contributed by atoms with Crippen molar-refractivity contribution in [3.8, 4) is 0 Å². The Labute approximate surface area is 197 Å². The molecule has 1 aromatic heterocycles. The Morgan fingerprint density at radius 3 is 2.50 bits per heavy atom. The van der Waals surface area contributed by atoms with Crippen LogP contribution in [0.2, 0.25) is 0 Å². The number of nitrogens with one attached hydrogen (secondary N) is 2. The highest BCUT2D eigenvalue weighted by Crippen LogP contribution is 2.23. The Kier molecular flexibility index (Phi) is 11.1. The minimum absolute atomic E-state index is 0. The van der Waals surface area contributed by atoms with Crippen LogP contribution in [0.15, 0.2) is 48.0 Å². The van der Waals surface area contributed by atoms with E-state index in [4.69, 9.17) is 4.99 Å². The maximum Gasteiger partial charge on any atom is 0.191 e. The molecule has 0 bridgehead atoms. The Morgan fingerprint density at radius 2 is 1.83 bits per heavy atom. The molecule has 7 nitrogen and oxygen atoms in total. The van der Waals surface area contributed by atoms with Crippen molar-refractivity contribution in [3.63, 3.8) is 0 Å². The molecule has 0 radical (unpaired) electrons. The molecule has 0 amide bonds. The Morgan fingerprint density at radius 1 is 1.13 bits per heavy atom. The lowest BCUT2D eigenvalue weighted by atomic mass is 10.0. The minimum atomic E-state index is 0. The second kappa shape index (κ2) is 13.6. The van der Waals surface area contributed by atoms with Crippen molar-refractivity contribution in [2.45, 2.75) is 58.2 Å². The van der Waals surface area contributed by atoms with E-state index in [0.29, 0.717) is 12.1 Å². The molecule has 1 atom stereocenters. The molecule has 0 saturated carbocycles. The number of rotatable bonds is 9. The van der Waals surface area contributed by atoms with Gasteiger partial charge in [0, 0.05) is 44.8 Å². The zero-order valence-electron chi connectivity index (χ0n) is 18.2. The van der Waals surface area contributed by atoms with Gasteiger partial charge in [0.1, 0.15) is 12.7 Å². The fourth-order valence-electron chi connectivity index (χ4n) is 3.82. The van der Waals surface area contributed by atoms with E-state index in [-0.39, 0.29) is 24.0 Å². The van der Waals surface area contributed by atoms with Crippen molar-refractivity contribution >= 4 is 29.9 Å². The van der Waals surface area contributed by atoms with Crippen LogP contribution in [-0.4, -0.2) is 57.8 Å². The molecule has 1 fully saturated rings. The van der Waals surface area contributed by atoms with Crippen LogP contribution in [0.4, 0.5) is 0 Å². The lowest BCUT2D eigenvalue weighted by molar-refractivity contribution is 0.158.